The van der Waals surface area contributed by atoms with Gasteiger partial charge in [-0.3, -0.25) is 10.1 Å². The predicted octanol–water partition coefficient (Wildman–Crippen LogP) is -0.376. The molecule has 0 amide bonds. The summed E-state index contributed by atoms with van der Waals surface area (Å²) in [6, 6.07) is 8.16. The third kappa shape index (κ3) is 5.08. The Morgan fingerprint density at radius 3 is 2.04 bits per heavy atom. The van der Waals surface area contributed by atoms with Crippen molar-refractivity contribution in [3.8, 4) is 5.75 Å². The molecule has 0 fully saturated rings. The third-order valence-corrected chi connectivity index (χ3v) is 3.41. The van der Waals surface area contributed by atoms with Gasteiger partial charge < -0.3 is 9.66 Å². The Bertz CT molecular complexity index is 852. The van der Waals surface area contributed by atoms with Crippen molar-refractivity contribution in [1.29, 1.82) is 0 Å². The van der Waals surface area contributed by atoms with Gasteiger partial charge in [-0.2, -0.15) is 10.2 Å². The second kappa shape index (κ2) is 7.62. The van der Waals surface area contributed by atoms with Crippen LogP contribution in [0.5, 0.6) is 5.75 Å². The number of nitrogens with zero attached hydrogens (tertiary/aromatic N) is 3. The van der Waals surface area contributed by atoms with Crippen LogP contribution < -0.4 is 29.6 Å². The van der Waals surface area contributed by atoms with Gasteiger partial charge in [-0.25, -0.2) is 8.42 Å². The van der Waals surface area contributed by atoms with E-state index in [-0.39, 0.29) is 40.9 Å². The smallest absolute Gasteiger partial charge is 0.744 e. The number of nitro benzene ring substituents is 1. The van der Waals surface area contributed by atoms with Crippen LogP contribution in [0.2, 0.25) is 0 Å². The number of azo groups is 1. The van der Waals surface area contributed by atoms with E-state index in [2.05, 4.69) is 10.2 Å². The Balaban J connectivity index is 0.00000264. The first-order valence-corrected chi connectivity index (χ1v) is 7.13. The summed E-state index contributed by atoms with van der Waals surface area (Å²) in [5.74, 6) is -0.492. The fourth-order valence-electron chi connectivity index (χ4n) is 1.52. The molecule has 0 atom stereocenters. The molecule has 9 nitrogen and oxygen atoms in total. The summed E-state index contributed by atoms with van der Waals surface area (Å²) in [5, 5.41) is 27.5. The molecule has 2 rings (SSSR count). The van der Waals surface area contributed by atoms with Gasteiger partial charge in [0.2, 0.25) is 0 Å². The summed E-state index contributed by atoms with van der Waals surface area (Å²) in [6.45, 7) is 0. The molecule has 0 aliphatic rings. The predicted molar refractivity (Wildman–Crippen MR) is 73.3 cm³/mol. The van der Waals surface area contributed by atoms with Crippen molar-refractivity contribution in [1.82, 2.24) is 0 Å². The Morgan fingerprint density at radius 1 is 1.00 bits per heavy atom. The Kier molecular flexibility index (Phi) is 6.36. The first kappa shape index (κ1) is 19.2. The maximum absolute atomic E-state index is 10.8. The molecule has 1 N–H and O–H groups in total. The molecule has 0 aliphatic carbocycles. The minimum Gasteiger partial charge on any atom is -0.744 e. The number of nitro groups is 1. The number of hydrogen-bond donors (Lipinski definition) is 1. The van der Waals surface area contributed by atoms with Crippen molar-refractivity contribution < 1.29 is 52.6 Å². The molecule has 2 aromatic carbocycles. The molecule has 0 saturated heterocycles. The SMILES string of the molecule is O=[N+]([O-])c1cc(N=Nc2ccc(S(=O)(=O)[O-])cc2)ccc1O.[Na+]. The summed E-state index contributed by atoms with van der Waals surface area (Å²) in [7, 11) is -4.53. The van der Waals surface area contributed by atoms with Crippen LogP contribution in [-0.4, -0.2) is 23.0 Å². The fourth-order valence-corrected chi connectivity index (χ4v) is 1.98. The summed E-state index contributed by atoms with van der Waals surface area (Å²) in [4.78, 5) is 9.51. The first-order chi connectivity index (χ1) is 10.3. The number of phenolic OH excluding ortho intramolecular Hbond substituents is 1. The van der Waals surface area contributed by atoms with Gasteiger partial charge in [-0.15, -0.1) is 0 Å². The van der Waals surface area contributed by atoms with Crippen LogP contribution in [0.15, 0.2) is 57.6 Å². The van der Waals surface area contributed by atoms with Crippen molar-refractivity contribution in [2.75, 3.05) is 0 Å². The van der Waals surface area contributed by atoms with Gasteiger partial charge in [-0.1, -0.05) is 0 Å². The molecule has 114 valence electrons. The normalized spacial score (nSPS) is 11.2. The van der Waals surface area contributed by atoms with Crippen LogP contribution in [0.1, 0.15) is 0 Å². The fraction of sp³-hybridized carbons (Fsp3) is 0. The van der Waals surface area contributed by atoms with Crippen molar-refractivity contribution in [3.05, 3.63) is 52.6 Å². The van der Waals surface area contributed by atoms with Crippen LogP contribution in [0, 0.1) is 10.1 Å². The summed E-state index contributed by atoms with van der Waals surface area (Å²) < 4.78 is 32.3. The average Bonchev–Trinajstić information content (AvgIpc) is 2.45. The van der Waals surface area contributed by atoms with Crippen molar-refractivity contribution >= 4 is 27.2 Å². The average molecular weight is 345 g/mol. The molecule has 0 aliphatic heterocycles. The molecule has 0 bridgehead atoms. The number of rotatable bonds is 4. The molecule has 11 heteroatoms. The molecule has 0 spiro atoms. The second-order valence-corrected chi connectivity index (χ2v) is 5.46. The zero-order valence-corrected chi connectivity index (χ0v) is 14.6. The zero-order chi connectivity index (χ0) is 16.3. The largest absolute Gasteiger partial charge is 1.00 e. The summed E-state index contributed by atoms with van der Waals surface area (Å²) in [6.07, 6.45) is 0. The molecule has 23 heavy (non-hydrogen) atoms. The van der Waals surface area contributed by atoms with Crippen LogP contribution in [0.4, 0.5) is 17.1 Å². The van der Waals surface area contributed by atoms with Gasteiger partial charge in [0.15, 0.2) is 5.75 Å². The zero-order valence-electron chi connectivity index (χ0n) is 11.8. The Morgan fingerprint density at radius 2 is 1.52 bits per heavy atom. The van der Waals surface area contributed by atoms with Gasteiger partial charge in [0.05, 0.1) is 21.2 Å². The van der Waals surface area contributed by atoms with Crippen LogP contribution in [0.3, 0.4) is 0 Å². The third-order valence-electron chi connectivity index (χ3n) is 2.56. The van der Waals surface area contributed by atoms with Gasteiger partial charge in [0, 0.05) is 6.07 Å². The van der Waals surface area contributed by atoms with E-state index in [1.165, 1.54) is 18.2 Å². The van der Waals surface area contributed by atoms with E-state index in [1.807, 2.05) is 0 Å². The van der Waals surface area contributed by atoms with E-state index in [1.54, 1.807) is 0 Å². The minimum atomic E-state index is -4.53. The Labute approximate surface area is 152 Å². The van der Waals surface area contributed by atoms with Crippen molar-refractivity contribution in [2.24, 2.45) is 10.2 Å². The van der Waals surface area contributed by atoms with Gasteiger partial charge in [0.1, 0.15) is 10.1 Å². The monoisotopic (exact) mass is 345 g/mol. The Hall–Kier alpha value is -1.85. The van der Waals surface area contributed by atoms with E-state index in [0.29, 0.717) is 0 Å². The maximum atomic E-state index is 10.8. The number of phenols is 1. The standard InChI is InChI=1S/C12H9N3O6S.Na/c16-12-6-3-9(7-11(12)15(17)18)14-13-8-1-4-10(5-2-8)22(19,20)21;/h1-7,16H,(H,19,20,21);/q;+1/p-1. The molecular formula is C12H8N3NaO6S. The van der Waals surface area contributed by atoms with E-state index in [4.69, 9.17) is 0 Å². The molecule has 0 saturated carbocycles. The minimum absolute atomic E-state index is 0. The number of benzene rings is 2. The molecule has 0 aromatic heterocycles. The number of hydrogen-bond acceptors (Lipinski definition) is 8. The topological polar surface area (TPSA) is 145 Å². The molecule has 0 unspecified atom stereocenters. The summed E-state index contributed by atoms with van der Waals surface area (Å²) >= 11 is 0. The van der Waals surface area contributed by atoms with Gasteiger partial charge in [-0.05, 0) is 36.4 Å². The van der Waals surface area contributed by atoms with E-state index in [0.717, 1.165) is 24.3 Å². The summed E-state index contributed by atoms with van der Waals surface area (Å²) in [5.41, 5.74) is -0.127. The van der Waals surface area contributed by atoms with Crippen LogP contribution in [-0.2, 0) is 10.1 Å². The van der Waals surface area contributed by atoms with E-state index < -0.39 is 31.4 Å². The van der Waals surface area contributed by atoms with Gasteiger partial charge in [0.25, 0.3) is 0 Å². The molecule has 2 aromatic rings. The van der Waals surface area contributed by atoms with Crippen LogP contribution in [0.25, 0.3) is 0 Å². The van der Waals surface area contributed by atoms with E-state index >= 15 is 0 Å². The van der Waals surface area contributed by atoms with E-state index in [9.17, 15) is 28.2 Å². The van der Waals surface area contributed by atoms with Crippen LogP contribution >= 0.6 is 0 Å². The van der Waals surface area contributed by atoms with Crippen molar-refractivity contribution in [3.63, 3.8) is 0 Å². The maximum Gasteiger partial charge on any atom is 1.00 e. The second-order valence-electron chi connectivity index (χ2n) is 4.08. The van der Waals surface area contributed by atoms with Crippen molar-refractivity contribution in [2.45, 2.75) is 4.90 Å². The quantitative estimate of drug-likeness (QED) is 0.263. The molecular weight excluding hydrogens is 337 g/mol. The molecule has 0 radical (unpaired) electrons. The van der Waals surface area contributed by atoms with Gasteiger partial charge >= 0.3 is 35.2 Å². The first-order valence-electron chi connectivity index (χ1n) is 5.72. The number of aromatic hydroxyl groups is 1. The molecule has 0 heterocycles.